The maximum absolute atomic E-state index is 13.0. The molecule has 0 saturated heterocycles. The van der Waals surface area contributed by atoms with Crippen LogP contribution < -0.4 is 0 Å². The number of unbranched alkanes of at least 4 members (excludes halogenated alkanes) is 30. The molecule has 522 valence electrons. The zero-order valence-electron chi connectivity index (χ0n) is 57.3. The molecule has 3 N–H and O–H groups in total. The molecule has 0 aliphatic rings. The van der Waals surface area contributed by atoms with Crippen molar-refractivity contribution in [2.24, 2.45) is 23.7 Å². The SMILES string of the molecule is CCC(C)CCCCCCCCC(=O)OC[C@H](COP(=O)(O)OC[C@@H](O)COP(=O)(O)OC[C@@H](COC(=O)CCCCCCCCC(C)CC)OC(=O)CCCCCCCCCCCCC(C)C)OC(=O)CCCCCCCCCCCCCCC(C)C. The molecule has 0 amide bonds. The highest BCUT2D eigenvalue weighted by atomic mass is 31.2. The molecule has 7 atom stereocenters. The van der Waals surface area contributed by atoms with Gasteiger partial charge in [-0.25, -0.2) is 9.13 Å². The second kappa shape index (κ2) is 58.8. The van der Waals surface area contributed by atoms with E-state index in [1.807, 2.05) is 0 Å². The lowest BCUT2D eigenvalue weighted by Crippen LogP contribution is -2.30. The molecule has 0 radical (unpaired) electrons. The first-order valence-electron chi connectivity index (χ1n) is 35.8. The average molecular weight is 1300 g/mol. The van der Waals surface area contributed by atoms with Crippen LogP contribution in [-0.4, -0.2) is 96.7 Å². The Morgan fingerprint density at radius 2 is 0.545 bits per heavy atom. The van der Waals surface area contributed by atoms with Crippen molar-refractivity contribution in [1.82, 2.24) is 0 Å². The van der Waals surface area contributed by atoms with Crippen molar-refractivity contribution in [2.75, 3.05) is 39.6 Å². The van der Waals surface area contributed by atoms with Crippen LogP contribution in [0.15, 0.2) is 0 Å². The molecule has 17 nitrogen and oxygen atoms in total. The maximum atomic E-state index is 13.0. The first kappa shape index (κ1) is 86.1. The standard InChI is InChI=1S/C69H134O17P2/c1-9-61(7)47-39-31-25-27-33-41-49-66(71)79-55-64(85-68(73)51-43-35-23-19-14-12-11-13-17-21-29-37-45-59(3)4)57-83-87(75,76)81-53-63(70)54-82-88(77,78)84-58-65(56-80-67(72)50-42-34-28-26-32-40-48-62(8)10-2)86-69(74)52-44-36-24-20-16-15-18-22-30-38-46-60(5)6/h59-65,70H,9-58H2,1-8H3,(H,75,76)(H,77,78)/t61?,62?,63-,64-,65-/m1/s1. The number of phosphoric ester groups is 2. The van der Waals surface area contributed by atoms with Gasteiger partial charge < -0.3 is 33.8 Å². The van der Waals surface area contributed by atoms with Crippen molar-refractivity contribution in [3.05, 3.63) is 0 Å². The van der Waals surface area contributed by atoms with Gasteiger partial charge in [-0.2, -0.15) is 0 Å². The van der Waals surface area contributed by atoms with E-state index in [4.69, 9.17) is 37.0 Å². The van der Waals surface area contributed by atoms with Crippen molar-refractivity contribution < 1.29 is 80.2 Å². The second-order valence-electron chi connectivity index (χ2n) is 26.4. The molecule has 0 aliphatic carbocycles. The fraction of sp³-hybridized carbons (Fsp3) is 0.942. The Morgan fingerprint density at radius 1 is 0.318 bits per heavy atom. The Balaban J connectivity index is 5.26. The Morgan fingerprint density at radius 3 is 0.807 bits per heavy atom. The molecular formula is C69H134O17P2. The van der Waals surface area contributed by atoms with Gasteiger partial charge in [-0.15, -0.1) is 0 Å². The van der Waals surface area contributed by atoms with Gasteiger partial charge in [0, 0.05) is 25.7 Å². The van der Waals surface area contributed by atoms with E-state index in [9.17, 15) is 43.2 Å². The molecule has 0 saturated carbocycles. The largest absolute Gasteiger partial charge is 0.472 e. The Hall–Kier alpha value is -1.94. The van der Waals surface area contributed by atoms with E-state index in [0.29, 0.717) is 25.7 Å². The first-order chi connectivity index (χ1) is 42.2. The summed E-state index contributed by atoms with van der Waals surface area (Å²) in [5, 5.41) is 10.6. The molecule has 0 fully saturated rings. The minimum atomic E-state index is -4.95. The first-order valence-corrected chi connectivity index (χ1v) is 38.8. The normalized spacial score (nSPS) is 14.9. The highest BCUT2D eigenvalue weighted by Crippen LogP contribution is 2.45. The number of aliphatic hydroxyl groups excluding tert-OH is 1. The lowest BCUT2D eigenvalue weighted by Gasteiger charge is -2.21. The minimum Gasteiger partial charge on any atom is -0.462 e. The number of esters is 4. The van der Waals surface area contributed by atoms with Gasteiger partial charge in [0.1, 0.15) is 19.3 Å². The summed E-state index contributed by atoms with van der Waals surface area (Å²) in [5.74, 6) is 0.858. The highest BCUT2D eigenvalue weighted by Gasteiger charge is 2.30. The van der Waals surface area contributed by atoms with Crippen molar-refractivity contribution in [2.45, 2.75) is 356 Å². The van der Waals surface area contributed by atoms with Crippen LogP contribution >= 0.6 is 15.6 Å². The molecule has 4 unspecified atom stereocenters. The monoisotopic (exact) mass is 1300 g/mol. The number of phosphoric acid groups is 2. The number of carbonyl (C=O) groups is 4. The zero-order chi connectivity index (χ0) is 65.4. The molecule has 0 aromatic rings. The lowest BCUT2D eigenvalue weighted by molar-refractivity contribution is -0.161. The number of carbonyl (C=O) groups excluding carboxylic acids is 4. The van der Waals surface area contributed by atoms with Gasteiger partial charge in [-0.05, 0) is 49.4 Å². The molecule has 88 heavy (non-hydrogen) atoms. The van der Waals surface area contributed by atoms with Crippen LogP contribution in [0.5, 0.6) is 0 Å². The van der Waals surface area contributed by atoms with Gasteiger partial charge in [0.25, 0.3) is 0 Å². The summed E-state index contributed by atoms with van der Waals surface area (Å²) in [6, 6.07) is 0. The summed E-state index contributed by atoms with van der Waals surface area (Å²) >= 11 is 0. The molecule has 0 bridgehead atoms. The summed E-state index contributed by atoms with van der Waals surface area (Å²) < 4.78 is 68.2. The van der Waals surface area contributed by atoms with E-state index in [1.165, 1.54) is 128 Å². The molecule has 0 rings (SSSR count). The number of aliphatic hydroxyl groups is 1. The fourth-order valence-electron chi connectivity index (χ4n) is 10.2. The van der Waals surface area contributed by atoms with E-state index in [2.05, 4.69) is 55.4 Å². The van der Waals surface area contributed by atoms with Crippen molar-refractivity contribution in [3.63, 3.8) is 0 Å². The summed E-state index contributed by atoms with van der Waals surface area (Å²) in [7, 11) is -9.90. The lowest BCUT2D eigenvalue weighted by atomic mass is 10.00. The molecule has 0 aliphatic heterocycles. The second-order valence-corrected chi connectivity index (χ2v) is 29.3. The van der Waals surface area contributed by atoms with E-state index < -0.39 is 97.5 Å². The third-order valence-electron chi connectivity index (χ3n) is 16.5. The van der Waals surface area contributed by atoms with E-state index in [0.717, 1.165) is 126 Å². The average Bonchev–Trinajstić information content (AvgIpc) is 3.70. The molecule has 0 spiro atoms. The third-order valence-corrected chi connectivity index (χ3v) is 18.4. The summed E-state index contributed by atoms with van der Waals surface area (Å²) in [4.78, 5) is 72.5. The van der Waals surface area contributed by atoms with Crippen LogP contribution in [0.1, 0.15) is 338 Å². The topological polar surface area (TPSA) is 237 Å². The van der Waals surface area contributed by atoms with Crippen molar-refractivity contribution >= 4 is 39.5 Å². The molecular weight excluding hydrogens is 1160 g/mol. The van der Waals surface area contributed by atoms with Crippen LogP contribution in [0.2, 0.25) is 0 Å². The molecule has 19 heteroatoms. The van der Waals surface area contributed by atoms with Crippen LogP contribution in [0, 0.1) is 23.7 Å². The Kier molecular flexibility index (Phi) is 57.6. The van der Waals surface area contributed by atoms with Crippen molar-refractivity contribution in [1.29, 1.82) is 0 Å². The zero-order valence-corrected chi connectivity index (χ0v) is 59.1. The molecule has 0 aromatic heterocycles. The number of ether oxygens (including phenoxy) is 4. The summed E-state index contributed by atoms with van der Waals surface area (Å²) in [6.07, 6.45) is 40.3. The van der Waals surface area contributed by atoms with Gasteiger partial charge in [0.15, 0.2) is 12.2 Å². The number of hydrogen-bond acceptors (Lipinski definition) is 15. The van der Waals surface area contributed by atoms with E-state index in [-0.39, 0.29) is 25.7 Å². The van der Waals surface area contributed by atoms with E-state index in [1.54, 1.807) is 0 Å². The Labute approximate surface area is 537 Å². The fourth-order valence-corrected chi connectivity index (χ4v) is 11.8. The van der Waals surface area contributed by atoms with Crippen LogP contribution in [0.4, 0.5) is 0 Å². The van der Waals surface area contributed by atoms with Crippen LogP contribution in [0.25, 0.3) is 0 Å². The van der Waals surface area contributed by atoms with Gasteiger partial charge in [0.2, 0.25) is 0 Å². The minimum absolute atomic E-state index is 0.104. The van der Waals surface area contributed by atoms with E-state index >= 15 is 0 Å². The molecule has 0 aromatic carbocycles. The summed E-state index contributed by atoms with van der Waals surface area (Å²) in [6.45, 7) is 14.1. The summed E-state index contributed by atoms with van der Waals surface area (Å²) in [5.41, 5.74) is 0. The maximum Gasteiger partial charge on any atom is 0.472 e. The van der Waals surface area contributed by atoms with Gasteiger partial charge in [0.05, 0.1) is 26.4 Å². The number of hydrogen-bond donors (Lipinski definition) is 3. The van der Waals surface area contributed by atoms with Crippen molar-refractivity contribution in [3.8, 4) is 0 Å². The predicted molar refractivity (Wildman–Crippen MR) is 354 cm³/mol. The van der Waals surface area contributed by atoms with Crippen LogP contribution in [-0.2, 0) is 65.4 Å². The van der Waals surface area contributed by atoms with Gasteiger partial charge in [-0.3, -0.25) is 37.3 Å². The number of rotatable bonds is 66. The Bertz CT molecular complexity index is 1750. The molecule has 0 heterocycles. The van der Waals surface area contributed by atoms with Gasteiger partial charge in [-0.1, -0.05) is 287 Å². The highest BCUT2D eigenvalue weighted by molar-refractivity contribution is 7.47. The third kappa shape index (κ3) is 60.3. The van der Waals surface area contributed by atoms with Crippen LogP contribution in [0.3, 0.4) is 0 Å². The predicted octanol–water partition coefficient (Wildman–Crippen LogP) is 19.3. The smallest absolute Gasteiger partial charge is 0.462 e. The quantitative estimate of drug-likeness (QED) is 0.0222. The van der Waals surface area contributed by atoms with Gasteiger partial charge >= 0.3 is 39.5 Å².